The van der Waals surface area contributed by atoms with Gasteiger partial charge in [-0.25, -0.2) is 0 Å². The Kier molecular flexibility index (Phi) is 7.73. The van der Waals surface area contributed by atoms with Crippen molar-refractivity contribution in [2.45, 2.75) is 24.7 Å². The number of benzene rings is 9. The van der Waals surface area contributed by atoms with Crippen molar-refractivity contribution in [2.75, 3.05) is 4.90 Å². The van der Waals surface area contributed by atoms with E-state index in [0.29, 0.717) is 0 Å². The molecule has 0 radical (unpaired) electrons. The molecule has 0 spiro atoms. The summed E-state index contributed by atoms with van der Waals surface area (Å²) in [5.41, 5.74) is 18.3. The molecule has 1 heterocycles. The summed E-state index contributed by atoms with van der Waals surface area (Å²) in [6.45, 7) is 4.74. The van der Waals surface area contributed by atoms with Gasteiger partial charge in [0.1, 0.15) is 0 Å². The van der Waals surface area contributed by atoms with Crippen LogP contribution in [0.25, 0.3) is 53.6 Å². The van der Waals surface area contributed by atoms with Crippen LogP contribution in [0.4, 0.5) is 17.1 Å². The highest BCUT2D eigenvalue weighted by molar-refractivity contribution is 7.25. The lowest BCUT2D eigenvalue weighted by Gasteiger charge is -2.35. The van der Waals surface area contributed by atoms with Crippen LogP contribution < -0.4 is 4.90 Å². The van der Waals surface area contributed by atoms with Crippen molar-refractivity contribution in [3.8, 4) is 33.4 Å². The van der Waals surface area contributed by atoms with E-state index < -0.39 is 5.41 Å². The van der Waals surface area contributed by atoms with Gasteiger partial charge >= 0.3 is 0 Å². The summed E-state index contributed by atoms with van der Waals surface area (Å²) in [5, 5.41) is 2.64. The van der Waals surface area contributed by atoms with E-state index in [9.17, 15) is 0 Å². The number of anilines is 3. The van der Waals surface area contributed by atoms with E-state index in [1.54, 1.807) is 0 Å². The minimum atomic E-state index is -0.502. The molecule has 0 saturated carbocycles. The number of fused-ring (bicyclic) bond motifs is 9. The van der Waals surface area contributed by atoms with Gasteiger partial charge in [-0.05, 0) is 110 Å². The number of rotatable bonds is 6. The van der Waals surface area contributed by atoms with Gasteiger partial charge in [-0.2, -0.15) is 0 Å². The molecule has 2 heteroatoms. The van der Waals surface area contributed by atoms with Gasteiger partial charge in [-0.3, -0.25) is 0 Å². The standard InChI is InChI=1S/C58H41NS/c1-57(2)49-23-12-10-22-47(49)56-51(57)25-15-26-53(56)59(42-31-28-38(29-32-42)39-30-35-55-48(36-39)46-21-11-14-27-54(46)60-55)43-33-34-45-44-20-9-13-24-50(44)58(52(45)37-43,40-16-5-3-6-17-40)41-18-7-4-8-19-41/h3-37H,1-2H3. The maximum Gasteiger partial charge on any atom is 0.0714 e. The van der Waals surface area contributed by atoms with Crippen LogP contribution in [0.15, 0.2) is 212 Å². The van der Waals surface area contributed by atoms with Gasteiger partial charge in [0.05, 0.1) is 11.1 Å². The SMILES string of the molecule is CC1(C)c2ccccc2-c2c(N(c3ccc(-c4ccc5sc6ccccc6c5c4)cc3)c3ccc4c(c3)C(c3ccccc3)(c3ccccc3)c3ccccc3-4)cccc21. The summed E-state index contributed by atoms with van der Waals surface area (Å²) in [6, 6.07) is 79.3. The molecule has 0 bridgehead atoms. The van der Waals surface area contributed by atoms with Crippen molar-refractivity contribution < 1.29 is 0 Å². The van der Waals surface area contributed by atoms with Crippen LogP contribution in [-0.4, -0.2) is 0 Å². The molecule has 284 valence electrons. The van der Waals surface area contributed by atoms with E-state index in [1.807, 2.05) is 11.3 Å². The van der Waals surface area contributed by atoms with Crippen molar-refractivity contribution in [3.63, 3.8) is 0 Å². The smallest absolute Gasteiger partial charge is 0.0714 e. The summed E-state index contributed by atoms with van der Waals surface area (Å²) >= 11 is 1.87. The fourth-order valence-electron chi connectivity index (χ4n) is 10.6. The molecular weight excluding hydrogens is 743 g/mol. The summed E-state index contributed by atoms with van der Waals surface area (Å²) in [6.07, 6.45) is 0. The average Bonchev–Trinajstić information content (AvgIpc) is 3.91. The molecule has 0 fully saturated rings. The fourth-order valence-corrected chi connectivity index (χ4v) is 11.7. The Balaban J connectivity index is 1.09. The van der Waals surface area contributed by atoms with Crippen molar-refractivity contribution in [3.05, 3.63) is 246 Å². The minimum absolute atomic E-state index is 0.128. The highest BCUT2D eigenvalue weighted by Crippen LogP contribution is 2.59. The second-order valence-electron chi connectivity index (χ2n) is 16.8. The number of thiophene rings is 1. The first-order chi connectivity index (χ1) is 29.5. The third kappa shape index (κ3) is 4.98. The third-order valence-corrected chi connectivity index (χ3v) is 14.5. The molecule has 60 heavy (non-hydrogen) atoms. The van der Waals surface area contributed by atoms with Crippen LogP contribution in [0.5, 0.6) is 0 Å². The van der Waals surface area contributed by atoms with E-state index in [1.165, 1.54) is 92.6 Å². The van der Waals surface area contributed by atoms with Gasteiger partial charge in [0.25, 0.3) is 0 Å². The van der Waals surface area contributed by atoms with Gasteiger partial charge in [-0.1, -0.05) is 178 Å². The van der Waals surface area contributed by atoms with Gasteiger partial charge in [0.2, 0.25) is 0 Å². The summed E-state index contributed by atoms with van der Waals surface area (Å²) in [7, 11) is 0. The van der Waals surface area contributed by atoms with Crippen LogP contribution in [0.2, 0.25) is 0 Å². The number of nitrogens with zero attached hydrogens (tertiary/aromatic N) is 1. The van der Waals surface area contributed by atoms with Crippen LogP contribution >= 0.6 is 11.3 Å². The van der Waals surface area contributed by atoms with Crippen LogP contribution in [0.1, 0.15) is 47.2 Å². The molecule has 0 amide bonds. The molecule has 10 aromatic rings. The molecular formula is C58H41NS. The maximum atomic E-state index is 2.51. The lowest BCUT2D eigenvalue weighted by atomic mass is 9.67. The number of hydrogen-bond donors (Lipinski definition) is 0. The lowest BCUT2D eigenvalue weighted by molar-refractivity contribution is 0.660. The summed E-state index contributed by atoms with van der Waals surface area (Å²) in [5.74, 6) is 0. The first-order valence-electron chi connectivity index (χ1n) is 20.9. The topological polar surface area (TPSA) is 3.24 Å². The van der Waals surface area contributed by atoms with E-state index >= 15 is 0 Å². The quantitative estimate of drug-likeness (QED) is 0.162. The van der Waals surface area contributed by atoms with Gasteiger partial charge in [0, 0.05) is 42.5 Å². The highest BCUT2D eigenvalue weighted by Gasteiger charge is 2.46. The zero-order valence-electron chi connectivity index (χ0n) is 33.6. The van der Waals surface area contributed by atoms with Gasteiger partial charge in [0.15, 0.2) is 0 Å². The monoisotopic (exact) mass is 783 g/mol. The molecule has 2 aliphatic carbocycles. The molecule has 0 saturated heterocycles. The fraction of sp³-hybridized carbons (Fsp3) is 0.0690. The first-order valence-corrected chi connectivity index (χ1v) is 21.7. The third-order valence-electron chi connectivity index (χ3n) is 13.4. The predicted molar refractivity (Wildman–Crippen MR) is 254 cm³/mol. The van der Waals surface area contributed by atoms with Crippen LogP contribution in [0, 0.1) is 0 Å². The van der Waals surface area contributed by atoms with E-state index in [0.717, 1.165) is 11.4 Å². The Bertz CT molecular complexity index is 3240. The van der Waals surface area contributed by atoms with Crippen LogP contribution in [-0.2, 0) is 10.8 Å². The van der Waals surface area contributed by atoms with Crippen LogP contribution in [0.3, 0.4) is 0 Å². The van der Waals surface area contributed by atoms with Crippen molar-refractivity contribution >= 4 is 48.6 Å². The Labute approximate surface area is 355 Å². The molecule has 1 aromatic heterocycles. The Hall–Kier alpha value is -7.00. The highest BCUT2D eigenvalue weighted by atomic mass is 32.1. The maximum absolute atomic E-state index is 2.51. The van der Waals surface area contributed by atoms with Crippen molar-refractivity contribution in [1.29, 1.82) is 0 Å². The molecule has 9 aromatic carbocycles. The molecule has 0 aliphatic heterocycles. The molecule has 0 atom stereocenters. The Morgan fingerprint density at radius 2 is 0.967 bits per heavy atom. The molecule has 12 rings (SSSR count). The zero-order valence-corrected chi connectivity index (χ0v) is 34.4. The van der Waals surface area contributed by atoms with Gasteiger partial charge in [-0.15, -0.1) is 11.3 Å². The predicted octanol–water partition coefficient (Wildman–Crippen LogP) is 15.9. The molecule has 0 N–H and O–H groups in total. The normalized spacial score (nSPS) is 14.1. The van der Waals surface area contributed by atoms with E-state index in [4.69, 9.17) is 0 Å². The lowest BCUT2D eigenvalue weighted by Crippen LogP contribution is -2.28. The summed E-state index contributed by atoms with van der Waals surface area (Å²) in [4.78, 5) is 2.51. The number of hydrogen-bond acceptors (Lipinski definition) is 2. The largest absolute Gasteiger partial charge is 0.310 e. The van der Waals surface area contributed by atoms with Crippen molar-refractivity contribution in [1.82, 2.24) is 0 Å². The van der Waals surface area contributed by atoms with E-state index in [-0.39, 0.29) is 5.41 Å². The second-order valence-corrected chi connectivity index (χ2v) is 17.9. The minimum Gasteiger partial charge on any atom is -0.310 e. The average molecular weight is 784 g/mol. The van der Waals surface area contributed by atoms with Crippen molar-refractivity contribution in [2.24, 2.45) is 0 Å². The molecule has 1 nitrogen and oxygen atoms in total. The molecule has 2 aliphatic rings. The Morgan fingerprint density at radius 3 is 1.73 bits per heavy atom. The zero-order chi connectivity index (χ0) is 40.0. The molecule has 0 unspecified atom stereocenters. The Morgan fingerprint density at radius 1 is 0.383 bits per heavy atom. The van der Waals surface area contributed by atoms with E-state index in [2.05, 4.69) is 231 Å². The van der Waals surface area contributed by atoms with Gasteiger partial charge < -0.3 is 4.90 Å². The summed E-state index contributed by atoms with van der Waals surface area (Å²) < 4.78 is 2.65. The first kappa shape index (κ1) is 35.0. The second kappa shape index (κ2) is 13.3.